The number of hydrogen-bond donors (Lipinski definition) is 2. The van der Waals surface area contributed by atoms with E-state index in [1.165, 1.54) is 0 Å². The van der Waals surface area contributed by atoms with Gasteiger partial charge in [0.1, 0.15) is 12.3 Å². The van der Waals surface area contributed by atoms with Gasteiger partial charge in [-0.25, -0.2) is 0 Å². The number of quaternary nitrogens is 1. The van der Waals surface area contributed by atoms with Crippen molar-refractivity contribution in [2.75, 3.05) is 26.0 Å². The van der Waals surface area contributed by atoms with Crippen LogP contribution in [0.2, 0.25) is 10.0 Å². The van der Waals surface area contributed by atoms with Gasteiger partial charge in [-0.1, -0.05) is 41.4 Å². The number of halogens is 2. The molecule has 2 N–H and O–H groups in total. The summed E-state index contributed by atoms with van der Waals surface area (Å²) in [5.41, 5.74) is 1.63. The van der Waals surface area contributed by atoms with Gasteiger partial charge in [-0.3, -0.25) is 4.79 Å². The second kappa shape index (κ2) is 8.20. The molecule has 0 saturated carbocycles. The first-order valence-corrected chi connectivity index (χ1v) is 7.93. The number of nitrogens with one attached hydrogen (secondary N) is 2. The number of benzene rings is 2. The fourth-order valence-electron chi connectivity index (χ4n) is 2.25. The Morgan fingerprint density at radius 2 is 1.96 bits per heavy atom. The lowest BCUT2D eigenvalue weighted by Gasteiger charge is -2.15. The highest BCUT2D eigenvalue weighted by atomic mass is 35.5. The summed E-state index contributed by atoms with van der Waals surface area (Å²) < 4.78 is 5.14. The number of likely N-dealkylation sites (N-methyl/N-ethyl adjacent to an activating group) is 1. The molecule has 1 amide bonds. The largest absolute Gasteiger partial charge is 0.497 e. The molecule has 0 spiro atoms. The summed E-state index contributed by atoms with van der Waals surface area (Å²) in [5.74, 6) is 0.628. The normalized spacial score (nSPS) is 11.8. The lowest BCUT2D eigenvalue weighted by atomic mass is 10.2. The Labute approximate surface area is 146 Å². The molecule has 4 nitrogen and oxygen atoms in total. The molecule has 122 valence electrons. The fourth-order valence-corrected chi connectivity index (χ4v) is 2.64. The van der Waals surface area contributed by atoms with Crippen LogP contribution in [0, 0.1) is 0 Å². The van der Waals surface area contributed by atoms with Crippen molar-refractivity contribution in [3.63, 3.8) is 0 Å². The predicted octanol–water partition coefficient (Wildman–Crippen LogP) is 2.66. The highest BCUT2D eigenvalue weighted by Gasteiger charge is 2.14. The molecule has 0 radical (unpaired) electrons. The zero-order valence-corrected chi connectivity index (χ0v) is 14.5. The molecule has 2 aromatic carbocycles. The summed E-state index contributed by atoms with van der Waals surface area (Å²) >= 11 is 12.2. The zero-order chi connectivity index (χ0) is 16.8. The van der Waals surface area contributed by atoms with E-state index in [-0.39, 0.29) is 5.91 Å². The molecule has 1 atom stereocenters. The van der Waals surface area contributed by atoms with E-state index in [1.807, 2.05) is 37.4 Å². The van der Waals surface area contributed by atoms with Crippen molar-refractivity contribution in [3.8, 4) is 5.75 Å². The third-order valence-electron chi connectivity index (χ3n) is 3.34. The Hall–Kier alpha value is -1.75. The molecule has 1 unspecified atom stereocenters. The van der Waals surface area contributed by atoms with Gasteiger partial charge in [0.05, 0.1) is 24.2 Å². The average molecular weight is 354 g/mol. The molecule has 2 rings (SSSR count). The molecule has 0 saturated heterocycles. The molecule has 0 aliphatic carbocycles. The van der Waals surface area contributed by atoms with Crippen LogP contribution in [0.4, 0.5) is 5.69 Å². The van der Waals surface area contributed by atoms with E-state index in [4.69, 9.17) is 27.9 Å². The Morgan fingerprint density at radius 1 is 1.22 bits per heavy atom. The molecule has 0 aromatic heterocycles. The molecule has 0 heterocycles. The van der Waals surface area contributed by atoms with Gasteiger partial charge >= 0.3 is 0 Å². The first kappa shape index (κ1) is 17.6. The van der Waals surface area contributed by atoms with E-state index in [0.717, 1.165) is 10.5 Å². The number of hydrogen-bond acceptors (Lipinski definition) is 2. The van der Waals surface area contributed by atoms with Gasteiger partial charge in [0.15, 0.2) is 6.54 Å². The first-order chi connectivity index (χ1) is 11.0. The molecular weight excluding hydrogens is 335 g/mol. The van der Waals surface area contributed by atoms with Crippen LogP contribution in [0.15, 0.2) is 42.5 Å². The first-order valence-electron chi connectivity index (χ1n) is 7.17. The topological polar surface area (TPSA) is 42.8 Å². The monoisotopic (exact) mass is 353 g/mol. The van der Waals surface area contributed by atoms with Gasteiger partial charge in [0.2, 0.25) is 0 Å². The fraction of sp³-hybridized carbons (Fsp3) is 0.235. The molecule has 6 heteroatoms. The number of anilines is 1. The number of methoxy groups -OCH3 is 1. The minimum Gasteiger partial charge on any atom is -0.497 e. The van der Waals surface area contributed by atoms with Gasteiger partial charge in [-0.2, -0.15) is 0 Å². The molecule has 0 aliphatic rings. The Kier molecular flexibility index (Phi) is 6.28. The van der Waals surface area contributed by atoms with Crippen LogP contribution >= 0.6 is 23.2 Å². The highest BCUT2D eigenvalue weighted by molar-refractivity contribution is 6.42. The SMILES string of the molecule is COc1cccc(NC(=O)C[NH+](C)Cc2cccc(Cl)c2Cl)c1. The van der Waals surface area contributed by atoms with Crippen molar-refractivity contribution >= 4 is 34.8 Å². The van der Waals surface area contributed by atoms with Crippen molar-refractivity contribution in [2.24, 2.45) is 0 Å². The summed E-state index contributed by atoms with van der Waals surface area (Å²) in [6.45, 7) is 0.935. The van der Waals surface area contributed by atoms with Crippen LogP contribution in [0.3, 0.4) is 0 Å². The van der Waals surface area contributed by atoms with Crippen LogP contribution in [0.5, 0.6) is 5.75 Å². The Bertz CT molecular complexity index is 692. The van der Waals surface area contributed by atoms with Crippen molar-refractivity contribution in [1.29, 1.82) is 0 Å². The van der Waals surface area contributed by atoms with Gasteiger partial charge in [0, 0.05) is 17.3 Å². The van der Waals surface area contributed by atoms with Crippen molar-refractivity contribution in [2.45, 2.75) is 6.54 Å². The minimum atomic E-state index is -0.0751. The smallest absolute Gasteiger partial charge is 0.279 e. The number of carbonyl (C=O) groups excluding carboxylic acids is 1. The summed E-state index contributed by atoms with van der Waals surface area (Å²) in [7, 11) is 3.52. The molecular formula is C17H19Cl2N2O2+. The van der Waals surface area contributed by atoms with Gasteiger partial charge in [-0.15, -0.1) is 0 Å². The Morgan fingerprint density at radius 3 is 2.70 bits per heavy atom. The lowest BCUT2D eigenvalue weighted by Crippen LogP contribution is -3.08. The standard InChI is InChI=1S/C17H18Cl2N2O2/c1-21(10-12-5-3-8-15(18)17(12)19)11-16(22)20-13-6-4-7-14(9-13)23-2/h3-9H,10-11H2,1-2H3,(H,20,22)/p+1. The van der Waals surface area contributed by atoms with Gasteiger partial charge in [-0.05, 0) is 18.2 Å². The summed E-state index contributed by atoms with van der Waals surface area (Å²) in [6.07, 6.45) is 0. The maximum absolute atomic E-state index is 12.1. The van der Waals surface area contributed by atoms with Crippen LogP contribution < -0.4 is 15.0 Å². The van der Waals surface area contributed by atoms with Gasteiger partial charge in [0.25, 0.3) is 5.91 Å². The van der Waals surface area contributed by atoms with E-state index >= 15 is 0 Å². The second-order valence-corrected chi connectivity index (χ2v) is 6.09. The number of carbonyl (C=O) groups is 1. The van der Waals surface area contributed by atoms with Crippen LogP contribution in [0.1, 0.15) is 5.56 Å². The molecule has 0 aliphatic heterocycles. The third kappa shape index (κ3) is 5.13. The second-order valence-electron chi connectivity index (χ2n) is 5.30. The lowest BCUT2D eigenvalue weighted by molar-refractivity contribution is -0.885. The third-order valence-corrected chi connectivity index (χ3v) is 4.20. The van der Waals surface area contributed by atoms with Crippen molar-refractivity contribution < 1.29 is 14.4 Å². The van der Waals surface area contributed by atoms with E-state index < -0.39 is 0 Å². The zero-order valence-electron chi connectivity index (χ0n) is 13.0. The van der Waals surface area contributed by atoms with Crippen molar-refractivity contribution in [3.05, 3.63) is 58.1 Å². The highest BCUT2D eigenvalue weighted by Crippen LogP contribution is 2.24. The summed E-state index contributed by atoms with van der Waals surface area (Å²) in [6, 6.07) is 12.8. The van der Waals surface area contributed by atoms with E-state index in [2.05, 4.69) is 5.32 Å². The quantitative estimate of drug-likeness (QED) is 0.838. The predicted molar refractivity (Wildman–Crippen MR) is 93.5 cm³/mol. The van der Waals surface area contributed by atoms with Crippen molar-refractivity contribution in [1.82, 2.24) is 0 Å². The number of rotatable bonds is 6. The molecule has 0 bridgehead atoms. The maximum atomic E-state index is 12.1. The van der Waals surface area contributed by atoms with Crippen LogP contribution in [0.25, 0.3) is 0 Å². The van der Waals surface area contributed by atoms with Crippen LogP contribution in [-0.4, -0.2) is 26.6 Å². The van der Waals surface area contributed by atoms with Gasteiger partial charge < -0.3 is 15.0 Å². The summed E-state index contributed by atoms with van der Waals surface area (Å²) in [5, 5.41) is 3.93. The molecule has 23 heavy (non-hydrogen) atoms. The maximum Gasteiger partial charge on any atom is 0.279 e. The summed E-state index contributed by atoms with van der Waals surface area (Å²) in [4.78, 5) is 13.1. The average Bonchev–Trinajstić information content (AvgIpc) is 2.51. The number of ether oxygens (including phenoxy) is 1. The van der Waals surface area contributed by atoms with E-state index in [1.54, 1.807) is 19.2 Å². The minimum absolute atomic E-state index is 0.0751. The molecule has 0 fully saturated rings. The van der Waals surface area contributed by atoms with E-state index in [9.17, 15) is 4.79 Å². The van der Waals surface area contributed by atoms with E-state index in [0.29, 0.717) is 34.6 Å². The Balaban J connectivity index is 1.93. The number of amides is 1. The molecule has 2 aromatic rings. The van der Waals surface area contributed by atoms with Crippen LogP contribution in [-0.2, 0) is 11.3 Å².